The van der Waals surface area contributed by atoms with Crippen LogP contribution in [0.5, 0.6) is 0 Å². The number of hydrogen-bond donors (Lipinski definition) is 1. The van der Waals surface area contributed by atoms with Crippen molar-refractivity contribution in [2.45, 2.75) is 33.4 Å². The van der Waals surface area contributed by atoms with Crippen molar-refractivity contribution in [1.29, 1.82) is 0 Å². The van der Waals surface area contributed by atoms with Gasteiger partial charge in [0.2, 0.25) is 0 Å². The second-order valence-corrected chi connectivity index (χ2v) is 6.65. The lowest BCUT2D eigenvalue weighted by atomic mass is 10.2. The van der Waals surface area contributed by atoms with Crippen LogP contribution in [0, 0.1) is 6.92 Å². The van der Waals surface area contributed by atoms with Gasteiger partial charge in [-0.15, -0.1) is 11.3 Å². The molecule has 0 spiro atoms. The third-order valence-electron chi connectivity index (χ3n) is 3.88. The molecule has 3 rings (SSSR count). The maximum atomic E-state index is 12.6. The first-order valence-electron chi connectivity index (χ1n) is 7.92. The van der Waals surface area contributed by atoms with Gasteiger partial charge < -0.3 is 5.32 Å². The molecule has 1 N–H and O–H groups in total. The summed E-state index contributed by atoms with van der Waals surface area (Å²) in [6.45, 7) is 4.92. The zero-order chi connectivity index (χ0) is 17.1. The number of carbonyl (C=O) groups is 1. The third kappa shape index (κ3) is 3.10. The lowest BCUT2D eigenvalue weighted by molar-refractivity contribution is 0.0954. The highest BCUT2D eigenvalue weighted by Gasteiger charge is 2.19. The summed E-state index contributed by atoms with van der Waals surface area (Å²) in [5, 5.41) is 3.47. The maximum Gasteiger partial charge on any atom is 0.262 e. The van der Waals surface area contributed by atoms with E-state index in [0.29, 0.717) is 33.7 Å². The number of aromatic nitrogens is 2. The summed E-state index contributed by atoms with van der Waals surface area (Å²) >= 11 is 1.27. The van der Waals surface area contributed by atoms with Gasteiger partial charge in [0, 0.05) is 13.1 Å². The number of benzene rings is 1. The molecule has 0 radical (unpaired) electrons. The van der Waals surface area contributed by atoms with E-state index in [-0.39, 0.29) is 11.5 Å². The van der Waals surface area contributed by atoms with Gasteiger partial charge in [-0.05, 0) is 24.5 Å². The van der Waals surface area contributed by atoms with E-state index >= 15 is 0 Å². The van der Waals surface area contributed by atoms with Crippen LogP contribution < -0.4 is 10.9 Å². The Balaban J connectivity index is 1.89. The van der Waals surface area contributed by atoms with Gasteiger partial charge in [-0.2, -0.15) is 0 Å². The highest BCUT2D eigenvalue weighted by Crippen LogP contribution is 2.26. The van der Waals surface area contributed by atoms with Crippen LogP contribution in [-0.2, 0) is 13.1 Å². The van der Waals surface area contributed by atoms with Crippen LogP contribution in [0.2, 0.25) is 0 Å². The number of fused-ring (bicyclic) bond motifs is 1. The van der Waals surface area contributed by atoms with Gasteiger partial charge in [0.05, 0.1) is 16.6 Å². The van der Waals surface area contributed by atoms with Crippen LogP contribution in [0.1, 0.15) is 34.1 Å². The third-order valence-corrected chi connectivity index (χ3v) is 5.08. The van der Waals surface area contributed by atoms with Crippen LogP contribution in [-0.4, -0.2) is 15.5 Å². The first-order chi connectivity index (χ1) is 11.6. The standard InChI is InChI=1S/C18H19N3O2S/c1-3-9-21-11-20-17-14(18(21)23)12(2)15(24-17)16(22)19-10-13-7-5-4-6-8-13/h4-8,11H,3,9-10H2,1-2H3,(H,19,22). The second kappa shape index (κ2) is 6.97. The minimum absolute atomic E-state index is 0.0716. The minimum Gasteiger partial charge on any atom is -0.347 e. The Morgan fingerprint density at radius 1 is 1.29 bits per heavy atom. The van der Waals surface area contributed by atoms with Gasteiger partial charge in [0.25, 0.3) is 11.5 Å². The number of aryl methyl sites for hydroxylation is 2. The highest BCUT2D eigenvalue weighted by molar-refractivity contribution is 7.20. The number of carbonyl (C=O) groups excluding carboxylic acids is 1. The molecule has 0 atom stereocenters. The van der Waals surface area contributed by atoms with Crippen molar-refractivity contribution >= 4 is 27.5 Å². The SMILES string of the molecule is CCCn1cnc2sc(C(=O)NCc3ccccc3)c(C)c2c1=O. The Kier molecular flexibility index (Phi) is 4.76. The number of thiophene rings is 1. The lowest BCUT2D eigenvalue weighted by Crippen LogP contribution is -2.23. The van der Waals surface area contributed by atoms with Crippen LogP contribution in [0.25, 0.3) is 10.2 Å². The van der Waals surface area contributed by atoms with E-state index in [1.54, 1.807) is 10.9 Å². The molecule has 0 saturated carbocycles. The highest BCUT2D eigenvalue weighted by atomic mass is 32.1. The average Bonchev–Trinajstić information content (AvgIpc) is 2.94. The van der Waals surface area contributed by atoms with E-state index < -0.39 is 0 Å². The maximum absolute atomic E-state index is 12.6. The molecule has 1 aromatic carbocycles. The molecule has 124 valence electrons. The quantitative estimate of drug-likeness (QED) is 0.775. The van der Waals surface area contributed by atoms with Gasteiger partial charge in [0.1, 0.15) is 4.83 Å². The largest absolute Gasteiger partial charge is 0.347 e. The van der Waals surface area contributed by atoms with Crippen LogP contribution >= 0.6 is 11.3 Å². The van der Waals surface area contributed by atoms with Gasteiger partial charge in [0.15, 0.2) is 0 Å². The molecular weight excluding hydrogens is 322 g/mol. The van der Waals surface area contributed by atoms with E-state index in [0.717, 1.165) is 12.0 Å². The Hall–Kier alpha value is -2.47. The van der Waals surface area contributed by atoms with Gasteiger partial charge in [-0.25, -0.2) is 4.98 Å². The Morgan fingerprint density at radius 3 is 2.75 bits per heavy atom. The van der Waals surface area contributed by atoms with Crippen molar-refractivity contribution in [2.24, 2.45) is 0 Å². The molecule has 0 bridgehead atoms. The van der Waals surface area contributed by atoms with Crippen LogP contribution in [0.3, 0.4) is 0 Å². The lowest BCUT2D eigenvalue weighted by Gasteiger charge is -2.04. The van der Waals surface area contributed by atoms with Crippen molar-refractivity contribution in [3.8, 4) is 0 Å². The van der Waals surface area contributed by atoms with Crippen LogP contribution in [0.4, 0.5) is 0 Å². The molecule has 0 saturated heterocycles. The zero-order valence-corrected chi connectivity index (χ0v) is 14.5. The summed E-state index contributed by atoms with van der Waals surface area (Å²) in [5.74, 6) is -0.166. The topological polar surface area (TPSA) is 64.0 Å². The van der Waals surface area contributed by atoms with E-state index in [9.17, 15) is 9.59 Å². The molecular formula is C18H19N3O2S. The minimum atomic E-state index is -0.166. The van der Waals surface area contributed by atoms with Gasteiger partial charge in [-0.1, -0.05) is 37.3 Å². The molecule has 0 aliphatic rings. The molecule has 0 fully saturated rings. The molecule has 2 heterocycles. The molecule has 24 heavy (non-hydrogen) atoms. The predicted molar refractivity (Wildman–Crippen MR) is 96.5 cm³/mol. The van der Waals surface area contributed by atoms with Crippen molar-refractivity contribution in [2.75, 3.05) is 0 Å². The zero-order valence-electron chi connectivity index (χ0n) is 13.7. The molecule has 0 unspecified atom stereocenters. The molecule has 0 aliphatic heterocycles. The Labute approximate surface area is 144 Å². The van der Waals surface area contributed by atoms with Crippen LogP contribution in [0.15, 0.2) is 41.5 Å². The summed E-state index contributed by atoms with van der Waals surface area (Å²) in [7, 11) is 0. The monoisotopic (exact) mass is 341 g/mol. The summed E-state index contributed by atoms with van der Waals surface area (Å²) in [5.41, 5.74) is 1.68. The number of amides is 1. The molecule has 6 heteroatoms. The van der Waals surface area contributed by atoms with Crippen molar-refractivity contribution < 1.29 is 4.79 Å². The summed E-state index contributed by atoms with van der Waals surface area (Å²) in [6.07, 6.45) is 2.43. The molecule has 5 nitrogen and oxygen atoms in total. The molecule has 3 aromatic rings. The Bertz CT molecular complexity index is 929. The first-order valence-corrected chi connectivity index (χ1v) is 8.74. The Morgan fingerprint density at radius 2 is 2.04 bits per heavy atom. The fourth-order valence-electron chi connectivity index (χ4n) is 2.63. The van der Waals surface area contributed by atoms with E-state index in [2.05, 4.69) is 10.3 Å². The first kappa shape index (κ1) is 16.4. The summed E-state index contributed by atoms with van der Waals surface area (Å²) < 4.78 is 1.60. The van der Waals surface area contributed by atoms with E-state index in [1.165, 1.54) is 11.3 Å². The number of nitrogens with zero attached hydrogens (tertiary/aromatic N) is 2. The fourth-order valence-corrected chi connectivity index (χ4v) is 3.69. The number of hydrogen-bond acceptors (Lipinski definition) is 4. The number of rotatable bonds is 5. The molecule has 1 amide bonds. The van der Waals surface area contributed by atoms with Crippen molar-refractivity contribution in [3.63, 3.8) is 0 Å². The van der Waals surface area contributed by atoms with Crippen molar-refractivity contribution in [1.82, 2.24) is 14.9 Å². The van der Waals surface area contributed by atoms with E-state index in [4.69, 9.17) is 0 Å². The van der Waals surface area contributed by atoms with Crippen molar-refractivity contribution in [3.05, 3.63) is 63.0 Å². The van der Waals surface area contributed by atoms with Gasteiger partial charge in [-0.3, -0.25) is 14.2 Å². The summed E-state index contributed by atoms with van der Waals surface area (Å²) in [6, 6.07) is 9.74. The predicted octanol–water partition coefficient (Wildman–Crippen LogP) is 3.11. The molecule has 0 aliphatic carbocycles. The smallest absolute Gasteiger partial charge is 0.262 e. The fraction of sp³-hybridized carbons (Fsp3) is 0.278. The van der Waals surface area contributed by atoms with Gasteiger partial charge >= 0.3 is 0 Å². The number of nitrogens with one attached hydrogen (secondary N) is 1. The second-order valence-electron chi connectivity index (χ2n) is 5.65. The summed E-state index contributed by atoms with van der Waals surface area (Å²) in [4.78, 5) is 30.6. The normalized spacial score (nSPS) is 10.9. The van der Waals surface area contributed by atoms with E-state index in [1.807, 2.05) is 44.2 Å². The molecule has 2 aromatic heterocycles. The average molecular weight is 341 g/mol.